The van der Waals surface area contributed by atoms with Gasteiger partial charge in [0.1, 0.15) is 0 Å². The quantitative estimate of drug-likeness (QED) is 0.836. The number of likely N-dealkylation sites (tertiary alicyclic amines) is 1. The van der Waals surface area contributed by atoms with E-state index in [2.05, 4.69) is 29.1 Å². The predicted molar refractivity (Wildman–Crippen MR) is 64.0 cm³/mol. The van der Waals surface area contributed by atoms with Crippen LogP contribution >= 0.6 is 11.3 Å². The van der Waals surface area contributed by atoms with Gasteiger partial charge in [-0.25, -0.2) is 4.98 Å². The molecule has 3 nitrogen and oxygen atoms in total. The number of piperidine rings is 1. The second-order valence-electron chi connectivity index (χ2n) is 4.17. The zero-order valence-corrected chi connectivity index (χ0v) is 10.3. The Bertz CT molecular complexity index is 323. The minimum Gasteiger partial charge on any atom is -0.326 e. The number of likely N-dealkylation sites (N-methyl/N-ethyl adjacent to an activating group) is 1. The van der Waals surface area contributed by atoms with Crippen molar-refractivity contribution in [3.05, 3.63) is 16.1 Å². The molecule has 0 bridgehead atoms. The van der Waals surface area contributed by atoms with Gasteiger partial charge in [0.15, 0.2) is 0 Å². The molecule has 2 unspecified atom stereocenters. The smallest absolute Gasteiger partial charge is 0.0898 e. The van der Waals surface area contributed by atoms with Gasteiger partial charge in [0, 0.05) is 11.4 Å². The maximum atomic E-state index is 6.21. The maximum Gasteiger partial charge on any atom is 0.0898 e. The molecular formula is C11H19N3S. The highest BCUT2D eigenvalue weighted by Crippen LogP contribution is 2.30. The van der Waals surface area contributed by atoms with E-state index in [-0.39, 0.29) is 6.04 Å². The van der Waals surface area contributed by atoms with Gasteiger partial charge in [0.05, 0.1) is 16.7 Å². The van der Waals surface area contributed by atoms with Crippen LogP contribution in [0.4, 0.5) is 0 Å². The van der Waals surface area contributed by atoms with E-state index in [1.165, 1.54) is 12.1 Å². The molecule has 1 aliphatic rings. The SMILES string of the molecule is CCN1CCCC(N)C1c1csc(C)n1. The molecule has 0 radical (unpaired) electrons. The number of nitrogens with two attached hydrogens (primary N) is 1. The number of rotatable bonds is 2. The van der Waals surface area contributed by atoms with Gasteiger partial charge in [-0.1, -0.05) is 6.92 Å². The Labute approximate surface area is 95.3 Å². The summed E-state index contributed by atoms with van der Waals surface area (Å²) in [7, 11) is 0. The number of hydrogen-bond acceptors (Lipinski definition) is 4. The van der Waals surface area contributed by atoms with Gasteiger partial charge >= 0.3 is 0 Å². The van der Waals surface area contributed by atoms with Crippen LogP contribution in [0.2, 0.25) is 0 Å². The van der Waals surface area contributed by atoms with Crippen molar-refractivity contribution in [2.24, 2.45) is 5.73 Å². The van der Waals surface area contributed by atoms with E-state index in [1.54, 1.807) is 11.3 Å². The molecule has 1 saturated heterocycles. The van der Waals surface area contributed by atoms with E-state index in [9.17, 15) is 0 Å². The summed E-state index contributed by atoms with van der Waals surface area (Å²) in [6, 6.07) is 0.592. The highest BCUT2D eigenvalue weighted by molar-refractivity contribution is 7.09. The fourth-order valence-electron chi connectivity index (χ4n) is 2.38. The molecule has 1 fully saturated rings. The first-order valence-electron chi connectivity index (χ1n) is 5.64. The van der Waals surface area contributed by atoms with Crippen molar-refractivity contribution < 1.29 is 0 Å². The molecular weight excluding hydrogens is 206 g/mol. The molecule has 15 heavy (non-hydrogen) atoms. The Morgan fingerprint density at radius 2 is 2.47 bits per heavy atom. The molecule has 2 heterocycles. The summed E-state index contributed by atoms with van der Waals surface area (Å²) in [6.45, 7) is 6.48. The van der Waals surface area contributed by atoms with Crippen LogP contribution in [-0.4, -0.2) is 29.0 Å². The average molecular weight is 225 g/mol. The minimum atomic E-state index is 0.250. The lowest BCUT2D eigenvalue weighted by molar-refractivity contribution is 0.133. The molecule has 4 heteroatoms. The largest absolute Gasteiger partial charge is 0.326 e. The van der Waals surface area contributed by atoms with Gasteiger partial charge in [-0.05, 0) is 32.9 Å². The fourth-order valence-corrected chi connectivity index (χ4v) is 3.02. The molecule has 84 valence electrons. The average Bonchev–Trinajstić information content (AvgIpc) is 2.64. The van der Waals surface area contributed by atoms with Crippen LogP contribution in [0.5, 0.6) is 0 Å². The van der Waals surface area contributed by atoms with Gasteiger partial charge < -0.3 is 5.73 Å². The molecule has 0 aliphatic carbocycles. The van der Waals surface area contributed by atoms with Crippen LogP contribution in [0, 0.1) is 6.92 Å². The molecule has 2 rings (SSSR count). The molecule has 2 N–H and O–H groups in total. The summed E-state index contributed by atoms with van der Waals surface area (Å²) in [5.74, 6) is 0. The monoisotopic (exact) mass is 225 g/mol. The Morgan fingerprint density at radius 3 is 3.07 bits per heavy atom. The van der Waals surface area contributed by atoms with Crippen molar-refractivity contribution >= 4 is 11.3 Å². The molecule has 1 aromatic rings. The van der Waals surface area contributed by atoms with Crippen molar-refractivity contribution in [2.75, 3.05) is 13.1 Å². The molecule has 1 aliphatic heterocycles. The summed E-state index contributed by atoms with van der Waals surface area (Å²) >= 11 is 1.72. The van der Waals surface area contributed by atoms with Crippen LogP contribution in [0.15, 0.2) is 5.38 Å². The summed E-state index contributed by atoms with van der Waals surface area (Å²) in [6.07, 6.45) is 2.34. The fraction of sp³-hybridized carbons (Fsp3) is 0.727. The lowest BCUT2D eigenvalue weighted by atomic mass is 9.95. The number of aromatic nitrogens is 1. The topological polar surface area (TPSA) is 42.1 Å². The summed E-state index contributed by atoms with van der Waals surface area (Å²) in [4.78, 5) is 7.03. The van der Waals surface area contributed by atoms with Crippen molar-refractivity contribution in [3.8, 4) is 0 Å². The second kappa shape index (κ2) is 4.60. The number of thiazole rings is 1. The predicted octanol–water partition coefficient (Wildman–Crippen LogP) is 1.94. The van der Waals surface area contributed by atoms with Gasteiger partial charge in [-0.2, -0.15) is 0 Å². The molecule has 1 aromatic heterocycles. The normalized spacial score (nSPS) is 28.2. The second-order valence-corrected chi connectivity index (χ2v) is 5.23. The van der Waals surface area contributed by atoms with Gasteiger partial charge in [0.25, 0.3) is 0 Å². The van der Waals surface area contributed by atoms with Gasteiger partial charge in [0.2, 0.25) is 0 Å². The molecule has 0 spiro atoms. The zero-order chi connectivity index (χ0) is 10.8. The maximum absolute atomic E-state index is 6.21. The summed E-state index contributed by atoms with van der Waals surface area (Å²) < 4.78 is 0. The van der Waals surface area contributed by atoms with E-state index < -0.39 is 0 Å². The van der Waals surface area contributed by atoms with Crippen LogP contribution in [-0.2, 0) is 0 Å². The van der Waals surface area contributed by atoms with Crippen molar-refractivity contribution in [1.82, 2.24) is 9.88 Å². The van der Waals surface area contributed by atoms with E-state index in [0.717, 1.165) is 24.5 Å². The number of hydrogen-bond donors (Lipinski definition) is 1. The third-order valence-electron chi connectivity index (χ3n) is 3.13. The van der Waals surface area contributed by atoms with E-state index >= 15 is 0 Å². The third kappa shape index (κ3) is 2.22. The first kappa shape index (κ1) is 11.0. The van der Waals surface area contributed by atoms with Crippen LogP contribution in [0.3, 0.4) is 0 Å². The minimum absolute atomic E-state index is 0.250. The summed E-state index contributed by atoms with van der Waals surface area (Å²) in [5, 5.41) is 3.30. The van der Waals surface area contributed by atoms with E-state index in [1.807, 2.05) is 0 Å². The Hall–Kier alpha value is -0.450. The van der Waals surface area contributed by atoms with Crippen molar-refractivity contribution in [3.63, 3.8) is 0 Å². The first-order chi connectivity index (χ1) is 7.22. The van der Waals surface area contributed by atoms with Crippen LogP contribution < -0.4 is 5.73 Å². The molecule has 0 amide bonds. The van der Waals surface area contributed by atoms with Crippen molar-refractivity contribution in [1.29, 1.82) is 0 Å². The standard InChI is InChI=1S/C11H19N3S/c1-3-14-6-4-5-9(12)11(14)10-7-15-8(2)13-10/h7,9,11H,3-6,12H2,1-2H3. The Balaban J connectivity index is 2.22. The van der Waals surface area contributed by atoms with E-state index in [0.29, 0.717) is 6.04 Å². The molecule has 0 aromatic carbocycles. The van der Waals surface area contributed by atoms with Gasteiger partial charge in [-0.3, -0.25) is 4.90 Å². The Kier molecular flexibility index (Phi) is 3.38. The highest BCUT2D eigenvalue weighted by Gasteiger charge is 2.30. The molecule has 0 saturated carbocycles. The van der Waals surface area contributed by atoms with Crippen LogP contribution in [0.25, 0.3) is 0 Å². The summed E-state index contributed by atoms with van der Waals surface area (Å²) in [5.41, 5.74) is 7.38. The number of nitrogens with zero attached hydrogens (tertiary/aromatic N) is 2. The first-order valence-corrected chi connectivity index (χ1v) is 6.52. The lowest BCUT2D eigenvalue weighted by Crippen LogP contribution is -2.45. The Morgan fingerprint density at radius 1 is 1.67 bits per heavy atom. The zero-order valence-electron chi connectivity index (χ0n) is 9.44. The van der Waals surface area contributed by atoms with Crippen molar-refractivity contribution in [2.45, 2.75) is 38.8 Å². The lowest BCUT2D eigenvalue weighted by Gasteiger charge is -2.38. The third-order valence-corrected chi connectivity index (χ3v) is 3.92. The van der Waals surface area contributed by atoms with Gasteiger partial charge in [-0.15, -0.1) is 11.3 Å². The van der Waals surface area contributed by atoms with Crippen LogP contribution in [0.1, 0.15) is 36.5 Å². The number of aryl methyl sites for hydroxylation is 1. The highest BCUT2D eigenvalue weighted by atomic mass is 32.1. The molecule has 2 atom stereocenters. The van der Waals surface area contributed by atoms with E-state index in [4.69, 9.17) is 5.73 Å².